The Labute approximate surface area is 83.5 Å². The summed E-state index contributed by atoms with van der Waals surface area (Å²) in [7, 11) is 0. The highest BCUT2D eigenvalue weighted by molar-refractivity contribution is 5.90. The number of hydrogen-bond donors (Lipinski definition) is 1. The van der Waals surface area contributed by atoms with Crippen LogP contribution in [0.25, 0.3) is 10.9 Å². The largest absolute Gasteiger partial charge is 0.395 e. The van der Waals surface area contributed by atoms with Crippen molar-refractivity contribution in [1.29, 1.82) is 0 Å². The number of aromatic nitrogens is 1. The van der Waals surface area contributed by atoms with Gasteiger partial charge in [0.25, 0.3) is 0 Å². The molecule has 2 N–H and O–H groups in total. The zero-order valence-corrected chi connectivity index (χ0v) is 7.81. The molecule has 2 rings (SSSR count). The van der Waals surface area contributed by atoms with Gasteiger partial charge in [-0.3, -0.25) is 0 Å². The van der Waals surface area contributed by atoms with Gasteiger partial charge < -0.3 is 5.73 Å². The van der Waals surface area contributed by atoms with Crippen molar-refractivity contribution in [1.82, 2.24) is 4.98 Å². The maximum Gasteiger partial charge on any atom is 0.219 e. The number of nitrogen functional groups attached to an aromatic ring is 1. The molecule has 0 amide bonds. The highest BCUT2D eigenvalue weighted by Crippen LogP contribution is 2.26. The molecule has 1 aromatic carbocycles. The van der Waals surface area contributed by atoms with Gasteiger partial charge in [-0.25, -0.2) is 13.8 Å². The predicted octanol–water partition coefficient (Wildman–Crippen LogP) is 2.54. The first-order chi connectivity index (χ1) is 7.02. The molecule has 78 valence electrons. The van der Waals surface area contributed by atoms with Gasteiger partial charge in [-0.2, -0.15) is 4.39 Å². The number of nitrogens with two attached hydrogens (primary N) is 1. The molecule has 0 unspecified atom stereocenters. The molecule has 0 fully saturated rings. The van der Waals surface area contributed by atoms with Crippen LogP contribution < -0.4 is 5.73 Å². The minimum absolute atomic E-state index is 0.0211. The second-order valence-electron chi connectivity index (χ2n) is 3.20. The fourth-order valence-corrected chi connectivity index (χ4v) is 1.36. The fourth-order valence-electron chi connectivity index (χ4n) is 1.36. The highest BCUT2D eigenvalue weighted by Gasteiger charge is 2.14. The Morgan fingerprint density at radius 3 is 2.53 bits per heavy atom. The van der Waals surface area contributed by atoms with Crippen molar-refractivity contribution in [2.75, 3.05) is 5.73 Å². The van der Waals surface area contributed by atoms with Crippen LogP contribution in [-0.4, -0.2) is 4.98 Å². The third-order valence-corrected chi connectivity index (χ3v) is 2.25. The van der Waals surface area contributed by atoms with E-state index in [0.29, 0.717) is 0 Å². The smallest absolute Gasteiger partial charge is 0.219 e. The minimum Gasteiger partial charge on any atom is -0.395 e. The second kappa shape index (κ2) is 3.12. The standard InChI is InChI=1S/C10H7F3N2/c1-4-7(12)5-2-3-6(11)8(14)9(5)15-10(4)13/h2-3H,14H2,1H3. The van der Waals surface area contributed by atoms with Crippen LogP contribution in [0.5, 0.6) is 0 Å². The summed E-state index contributed by atoms with van der Waals surface area (Å²) in [6.07, 6.45) is 0. The predicted molar refractivity (Wildman–Crippen MR) is 50.8 cm³/mol. The van der Waals surface area contributed by atoms with Crippen molar-refractivity contribution < 1.29 is 13.2 Å². The monoisotopic (exact) mass is 212 g/mol. The Balaban J connectivity index is 2.98. The van der Waals surface area contributed by atoms with Gasteiger partial charge in [-0.1, -0.05) is 0 Å². The van der Waals surface area contributed by atoms with E-state index in [-0.39, 0.29) is 22.2 Å². The van der Waals surface area contributed by atoms with E-state index in [1.54, 1.807) is 0 Å². The van der Waals surface area contributed by atoms with Gasteiger partial charge in [-0.15, -0.1) is 0 Å². The summed E-state index contributed by atoms with van der Waals surface area (Å²) < 4.78 is 39.6. The van der Waals surface area contributed by atoms with Gasteiger partial charge >= 0.3 is 0 Å². The first-order valence-electron chi connectivity index (χ1n) is 4.21. The number of pyridine rings is 1. The summed E-state index contributed by atoms with van der Waals surface area (Å²) in [5.74, 6) is -2.47. The van der Waals surface area contributed by atoms with Crippen molar-refractivity contribution in [3.8, 4) is 0 Å². The van der Waals surface area contributed by atoms with Crippen molar-refractivity contribution >= 4 is 16.6 Å². The Bertz CT molecular complexity index is 552. The van der Waals surface area contributed by atoms with Crippen molar-refractivity contribution in [3.63, 3.8) is 0 Å². The molecule has 0 aliphatic rings. The third kappa shape index (κ3) is 1.31. The lowest BCUT2D eigenvalue weighted by molar-refractivity contribution is 0.547. The molecule has 15 heavy (non-hydrogen) atoms. The molecule has 0 atom stereocenters. The van der Waals surface area contributed by atoms with Crippen LogP contribution in [0.15, 0.2) is 12.1 Å². The molecule has 0 aliphatic carbocycles. The van der Waals surface area contributed by atoms with E-state index in [9.17, 15) is 13.2 Å². The average Bonchev–Trinajstić information content (AvgIpc) is 2.21. The van der Waals surface area contributed by atoms with Crippen LogP contribution in [0, 0.1) is 24.5 Å². The quantitative estimate of drug-likeness (QED) is 0.538. The Hall–Kier alpha value is -1.78. The lowest BCUT2D eigenvalue weighted by atomic mass is 10.1. The van der Waals surface area contributed by atoms with E-state index in [1.165, 1.54) is 13.0 Å². The molecule has 0 saturated carbocycles. The van der Waals surface area contributed by atoms with E-state index >= 15 is 0 Å². The van der Waals surface area contributed by atoms with Crippen LogP contribution in [0.4, 0.5) is 18.9 Å². The fraction of sp³-hybridized carbons (Fsp3) is 0.100. The van der Waals surface area contributed by atoms with E-state index in [2.05, 4.69) is 4.98 Å². The number of nitrogens with zero attached hydrogens (tertiary/aromatic N) is 1. The molecule has 1 aromatic heterocycles. The van der Waals surface area contributed by atoms with Crippen molar-refractivity contribution in [2.24, 2.45) is 0 Å². The molecule has 0 saturated heterocycles. The maximum atomic E-state index is 13.5. The van der Waals surface area contributed by atoms with Crippen molar-refractivity contribution in [2.45, 2.75) is 6.92 Å². The number of rotatable bonds is 0. The summed E-state index contributed by atoms with van der Waals surface area (Å²) >= 11 is 0. The number of halogens is 3. The number of anilines is 1. The zero-order valence-electron chi connectivity index (χ0n) is 7.81. The molecule has 5 heteroatoms. The summed E-state index contributed by atoms with van der Waals surface area (Å²) in [5, 5.41) is 0.0211. The SMILES string of the molecule is Cc1c(F)nc2c(N)c(F)ccc2c1F. The first kappa shape index (κ1) is 9.76. The lowest BCUT2D eigenvalue weighted by Crippen LogP contribution is -2.00. The van der Waals surface area contributed by atoms with Crippen LogP contribution in [-0.2, 0) is 0 Å². The lowest BCUT2D eigenvalue weighted by Gasteiger charge is -2.06. The number of benzene rings is 1. The molecule has 1 heterocycles. The minimum atomic E-state index is -0.975. The summed E-state index contributed by atoms with van der Waals surface area (Å²) in [6, 6.07) is 2.22. The molecular weight excluding hydrogens is 205 g/mol. The van der Waals surface area contributed by atoms with Crippen molar-refractivity contribution in [3.05, 3.63) is 35.3 Å². The average molecular weight is 212 g/mol. The molecule has 0 spiro atoms. The molecule has 0 aliphatic heterocycles. The Morgan fingerprint density at radius 1 is 1.20 bits per heavy atom. The summed E-state index contributed by atoms with van der Waals surface area (Å²) in [4.78, 5) is 3.42. The second-order valence-corrected chi connectivity index (χ2v) is 3.20. The van der Waals surface area contributed by atoms with Gasteiger partial charge in [0.15, 0.2) is 0 Å². The van der Waals surface area contributed by atoms with Gasteiger partial charge in [0.1, 0.15) is 17.2 Å². The van der Waals surface area contributed by atoms with E-state index in [1.807, 2.05) is 0 Å². The van der Waals surface area contributed by atoms with Gasteiger partial charge in [0.05, 0.1) is 5.69 Å². The van der Waals surface area contributed by atoms with Gasteiger partial charge in [-0.05, 0) is 19.1 Å². The molecule has 0 radical (unpaired) electrons. The van der Waals surface area contributed by atoms with Gasteiger partial charge in [0, 0.05) is 10.9 Å². The van der Waals surface area contributed by atoms with Crippen LogP contribution >= 0.6 is 0 Å². The van der Waals surface area contributed by atoms with Gasteiger partial charge in [0.2, 0.25) is 5.95 Å². The van der Waals surface area contributed by atoms with Crippen LogP contribution in [0.2, 0.25) is 0 Å². The third-order valence-electron chi connectivity index (χ3n) is 2.25. The van der Waals surface area contributed by atoms with E-state index in [0.717, 1.165) is 6.07 Å². The zero-order chi connectivity index (χ0) is 11.2. The molecule has 0 bridgehead atoms. The number of hydrogen-bond acceptors (Lipinski definition) is 2. The first-order valence-corrected chi connectivity index (χ1v) is 4.21. The Morgan fingerprint density at radius 2 is 1.87 bits per heavy atom. The summed E-state index contributed by atoms with van der Waals surface area (Å²) in [6.45, 7) is 1.26. The summed E-state index contributed by atoms with van der Waals surface area (Å²) in [5.41, 5.74) is 4.61. The Kier molecular flexibility index (Phi) is 2.03. The molecule has 2 aromatic rings. The molecular formula is C10H7F3N2. The van der Waals surface area contributed by atoms with Crippen LogP contribution in [0.1, 0.15) is 5.56 Å². The topological polar surface area (TPSA) is 38.9 Å². The van der Waals surface area contributed by atoms with E-state index in [4.69, 9.17) is 5.73 Å². The molecule has 2 nitrogen and oxygen atoms in total. The van der Waals surface area contributed by atoms with Crippen LogP contribution in [0.3, 0.4) is 0 Å². The number of fused-ring (bicyclic) bond motifs is 1. The van der Waals surface area contributed by atoms with E-state index < -0.39 is 17.6 Å². The normalized spacial score (nSPS) is 10.9. The highest BCUT2D eigenvalue weighted by atomic mass is 19.1. The maximum absolute atomic E-state index is 13.5.